The summed E-state index contributed by atoms with van der Waals surface area (Å²) in [6, 6.07) is 14.3. The quantitative estimate of drug-likeness (QED) is 0.220. The van der Waals surface area contributed by atoms with Crippen LogP contribution in [-0.4, -0.2) is 60.0 Å². The van der Waals surface area contributed by atoms with E-state index in [0.29, 0.717) is 25.1 Å². The van der Waals surface area contributed by atoms with Crippen LogP contribution in [0.2, 0.25) is 0 Å². The number of aromatic nitrogens is 2. The van der Waals surface area contributed by atoms with Gasteiger partial charge in [-0.1, -0.05) is 24.8 Å². The molecule has 0 spiro atoms. The Morgan fingerprint density at radius 2 is 1.92 bits per heavy atom. The fourth-order valence-electron chi connectivity index (χ4n) is 5.04. The largest absolute Gasteiger partial charge is 0.492 e. The lowest BCUT2D eigenvalue weighted by Crippen LogP contribution is -2.44. The van der Waals surface area contributed by atoms with Crippen molar-refractivity contribution in [1.29, 1.82) is 0 Å². The highest BCUT2D eigenvalue weighted by Crippen LogP contribution is 2.42. The maximum Gasteiger partial charge on any atom is 0.137 e. The molecule has 3 aromatic rings. The Balaban J connectivity index is 1.36. The normalized spacial score (nSPS) is 16.2. The number of nitrogens with one attached hydrogen (secondary N) is 2. The fourth-order valence-corrected chi connectivity index (χ4v) is 5.04. The summed E-state index contributed by atoms with van der Waals surface area (Å²) in [4.78, 5) is 16.6. The summed E-state index contributed by atoms with van der Waals surface area (Å²) >= 11 is 0. The molecule has 1 saturated heterocycles. The highest BCUT2D eigenvalue weighted by atomic mass is 16.5. The minimum absolute atomic E-state index is 0.432. The van der Waals surface area contributed by atoms with Gasteiger partial charge >= 0.3 is 0 Å². The van der Waals surface area contributed by atoms with E-state index < -0.39 is 0 Å². The van der Waals surface area contributed by atoms with Crippen LogP contribution in [0, 0.1) is 6.92 Å². The molecule has 0 radical (unpaired) electrons. The highest BCUT2D eigenvalue weighted by Gasteiger charge is 2.31. The van der Waals surface area contributed by atoms with Crippen LogP contribution in [0.25, 0.3) is 5.70 Å². The number of amidine groups is 1. The number of aryl methyl sites for hydroxylation is 1. The molecule has 1 saturated carbocycles. The number of rotatable bonds is 10. The highest BCUT2D eigenvalue weighted by molar-refractivity contribution is 6.04. The molecule has 2 fully saturated rings. The molecule has 5 rings (SSSR count). The number of nitrogens with zero attached hydrogens (tertiary/aromatic N) is 4. The minimum Gasteiger partial charge on any atom is -0.492 e. The van der Waals surface area contributed by atoms with Crippen molar-refractivity contribution in [3.8, 4) is 5.75 Å². The van der Waals surface area contributed by atoms with Crippen LogP contribution >= 0.6 is 0 Å². The van der Waals surface area contributed by atoms with Gasteiger partial charge in [-0.05, 0) is 87.0 Å². The fraction of sp³-hybridized carbons (Fsp3) is 0.387. The van der Waals surface area contributed by atoms with Crippen molar-refractivity contribution in [2.45, 2.75) is 44.6 Å². The van der Waals surface area contributed by atoms with E-state index in [2.05, 4.69) is 46.1 Å². The molecule has 0 atom stereocenters. The molecule has 3 heterocycles. The van der Waals surface area contributed by atoms with E-state index in [1.807, 2.05) is 54.9 Å². The number of piperidine rings is 1. The third-order valence-electron chi connectivity index (χ3n) is 7.35. The summed E-state index contributed by atoms with van der Waals surface area (Å²) in [5.74, 6) is 3.21. The molecular weight excluding hydrogens is 472 g/mol. The first kappa shape index (κ1) is 25.9. The lowest BCUT2D eigenvalue weighted by molar-refractivity contribution is 0.289. The first-order valence-electron chi connectivity index (χ1n) is 13.6. The van der Waals surface area contributed by atoms with E-state index in [1.54, 1.807) is 6.20 Å². The van der Waals surface area contributed by atoms with Gasteiger partial charge in [0.2, 0.25) is 0 Å². The minimum atomic E-state index is 0.432. The van der Waals surface area contributed by atoms with Gasteiger partial charge in [0, 0.05) is 42.8 Å². The average Bonchev–Trinajstić information content (AvgIpc) is 3.81. The van der Waals surface area contributed by atoms with E-state index in [4.69, 9.17) is 9.73 Å². The zero-order valence-corrected chi connectivity index (χ0v) is 22.5. The summed E-state index contributed by atoms with van der Waals surface area (Å²) in [6.07, 6.45) is 10.4. The summed E-state index contributed by atoms with van der Waals surface area (Å²) in [6.45, 7) is 9.79. The lowest BCUT2D eigenvalue weighted by Gasteiger charge is -2.35. The Bertz CT molecular complexity index is 1260. The van der Waals surface area contributed by atoms with Crippen molar-refractivity contribution in [1.82, 2.24) is 20.2 Å². The molecule has 7 nitrogen and oxygen atoms in total. The number of pyridine rings is 2. The van der Waals surface area contributed by atoms with E-state index in [9.17, 15) is 0 Å². The van der Waals surface area contributed by atoms with Crippen LogP contribution in [-0.2, 0) is 0 Å². The molecule has 0 bridgehead atoms. The second-order valence-electron chi connectivity index (χ2n) is 10.2. The van der Waals surface area contributed by atoms with Crippen molar-refractivity contribution in [2.75, 3.05) is 38.6 Å². The molecule has 1 aliphatic heterocycles. The molecule has 7 heteroatoms. The van der Waals surface area contributed by atoms with Gasteiger partial charge < -0.3 is 20.3 Å². The molecule has 2 aromatic heterocycles. The van der Waals surface area contributed by atoms with Crippen LogP contribution in [0.4, 0.5) is 5.82 Å². The number of anilines is 1. The number of hydrogen-bond donors (Lipinski definition) is 2. The molecule has 198 valence electrons. The van der Waals surface area contributed by atoms with E-state index in [1.165, 1.54) is 24.0 Å². The van der Waals surface area contributed by atoms with Crippen LogP contribution in [0.5, 0.6) is 5.75 Å². The third kappa shape index (κ3) is 6.40. The number of para-hydroxylation sites is 1. The van der Waals surface area contributed by atoms with Gasteiger partial charge in [-0.15, -0.1) is 0 Å². The Morgan fingerprint density at radius 3 is 2.68 bits per heavy atom. The molecule has 2 aliphatic rings. The van der Waals surface area contributed by atoms with Crippen molar-refractivity contribution >= 4 is 17.4 Å². The van der Waals surface area contributed by atoms with Crippen molar-refractivity contribution < 1.29 is 4.74 Å². The molecule has 0 unspecified atom stereocenters. The smallest absolute Gasteiger partial charge is 0.137 e. The Kier molecular flexibility index (Phi) is 8.34. The Morgan fingerprint density at radius 1 is 1.13 bits per heavy atom. The Labute approximate surface area is 226 Å². The summed E-state index contributed by atoms with van der Waals surface area (Å²) < 4.78 is 5.79. The monoisotopic (exact) mass is 510 g/mol. The van der Waals surface area contributed by atoms with Gasteiger partial charge in [0.15, 0.2) is 0 Å². The maximum absolute atomic E-state index is 5.79. The summed E-state index contributed by atoms with van der Waals surface area (Å²) in [5.41, 5.74) is 5.37. The standard InChI is InChI=1S/C31H38N6O/c1-22-20-33-21-28(24-9-10-24)30(22)31(37(3)26-12-14-32-15-13-26)36-23(2)25-11-16-34-29(19-25)35-17-18-38-27-7-5-4-6-8-27/h4-8,11,16,19-21,24,26,32H,2,9-10,12-15,17-18H2,1,3H3,(H,34,35). The molecule has 1 aromatic carbocycles. The number of ether oxygens (including phenoxy) is 1. The lowest BCUT2D eigenvalue weighted by atomic mass is 9.97. The zero-order chi connectivity index (χ0) is 26.3. The van der Waals surface area contributed by atoms with Crippen molar-refractivity contribution in [3.63, 3.8) is 0 Å². The SMILES string of the molecule is C=C(N=C(c1c(C)cncc1C1CC1)N(C)C1CCNCC1)c1ccnc(NCCOc2ccccc2)c1. The van der Waals surface area contributed by atoms with Crippen LogP contribution < -0.4 is 15.4 Å². The van der Waals surface area contributed by atoms with Crippen LogP contribution in [0.1, 0.15) is 53.9 Å². The van der Waals surface area contributed by atoms with Crippen LogP contribution in [0.3, 0.4) is 0 Å². The van der Waals surface area contributed by atoms with E-state index in [0.717, 1.165) is 60.2 Å². The first-order chi connectivity index (χ1) is 18.6. The predicted molar refractivity (Wildman–Crippen MR) is 155 cm³/mol. The number of hydrogen-bond acceptors (Lipinski definition) is 6. The zero-order valence-electron chi connectivity index (χ0n) is 22.5. The second kappa shape index (κ2) is 12.2. The predicted octanol–water partition coefficient (Wildman–Crippen LogP) is 5.25. The average molecular weight is 511 g/mol. The van der Waals surface area contributed by atoms with E-state index >= 15 is 0 Å². The van der Waals surface area contributed by atoms with Gasteiger partial charge in [0.05, 0.1) is 12.2 Å². The molecule has 38 heavy (non-hydrogen) atoms. The summed E-state index contributed by atoms with van der Waals surface area (Å²) in [7, 11) is 2.19. The molecule has 0 amide bonds. The molecule has 2 N–H and O–H groups in total. The van der Waals surface area contributed by atoms with E-state index in [-0.39, 0.29) is 0 Å². The molecule has 1 aliphatic carbocycles. The van der Waals surface area contributed by atoms with Crippen molar-refractivity contribution in [2.24, 2.45) is 4.99 Å². The Hall–Kier alpha value is -3.71. The van der Waals surface area contributed by atoms with Gasteiger partial charge in [-0.3, -0.25) is 4.98 Å². The van der Waals surface area contributed by atoms with Gasteiger partial charge in [-0.2, -0.15) is 0 Å². The van der Waals surface area contributed by atoms with Crippen molar-refractivity contribution in [3.05, 3.63) is 89.9 Å². The van der Waals surface area contributed by atoms with Gasteiger partial charge in [0.1, 0.15) is 24.0 Å². The maximum atomic E-state index is 5.79. The van der Waals surface area contributed by atoms with Gasteiger partial charge in [0.25, 0.3) is 0 Å². The molecular formula is C31H38N6O. The topological polar surface area (TPSA) is 74.7 Å². The number of aliphatic imine (C=N–C) groups is 1. The third-order valence-corrected chi connectivity index (χ3v) is 7.35. The van der Waals surface area contributed by atoms with Crippen LogP contribution in [0.15, 0.2) is 72.6 Å². The first-order valence-corrected chi connectivity index (χ1v) is 13.6. The second-order valence-corrected chi connectivity index (χ2v) is 10.2. The number of benzene rings is 1. The summed E-state index contributed by atoms with van der Waals surface area (Å²) in [5, 5.41) is 6.85. The van der Waals surface area contributed by atoms with Gasteiger partial charge in [-0.25, -0.2) is 9.98 Å².